The highest BCUT2D eigenvalue weighted by molar-refractivity contribution is 7.16. The molecule has 0 aliphatic rings. The van der Waals surface area contributed by atoms with Crippen LogP contribution in [0.4, 0.5) is 0 Å². The first-order valence-electron chi connectivity index (χ1n) is 8.64. The van der Waals surface area contributed by atoms with Crippen LogP contribution in [0.3, 0.4) is 0 Å². The third-order valence-corrected chi connectivity index (χ3v) is 4.70. The van der Waals surface area contributed by atoms with Gasteiger partial charge in [-0.25, -0.2) is 0 Å². The Bertz CT molecular complexity index is 753. The van der Waals surface area contributed by atoms with E-state index in [1.54, 1.807) is 0 Å². The lowest BCUT2D eigenvalue weighted by Crippen LogP contribution is -1.92. The molecule has 0 bridgehead atoms. The van der Waals surface area contributed by atoms with Crippen molar-refractivity contribution in [1.82, 2.24) is 0 Å². The maximum Gasteiger partial charge on any atom is -0.00258 e. The predicted octanol–water partition coefficient (Wildman–Crippen LogP) is 5.59. The average Bonchev–Trinajstić information content (AvgIpc) is 2.61. The molecule has 3 aromatic carbocycles. The fourth-order valence-corrected chi connectivity index (χ4v) is 3.28. The minimum atomic E-state index is 1.00. The monoisotopic (exact) mass is 332 g/mol. The summed E-state index contributed by atoms with van der Waals surface area (Å²) in [6, 6.07) is 26.9. The van der Waals surface area contributed by atoms with Gasteiger partial charge in [0.05, 0.1) is 0 Å². The molecule has 1 heteroatoms. The maximum absolute atomic E-state index is 2.79. The average molecular weight is 332 g/mol. The van der Waals surface area contributed by atoms with Crippen molar-refractivity contribution in [3.63, 3.8) is 0 Å². The molecule has 3 aromatic rings. The first-order chi connectivity index (χ1) is 11.7. The fourth-order valence-electron chi connectivity index (χ4n) is 2.94. The SMILES string of the molecule is Cc1ccc(Cc2ccc(Cc3ccc(CCP)cc3)cc2)cc1. The van der Waals surface area contributed by atoms with Gasteiger partial charge in [0.1, 0.15) is 0 Å². The molecule has 0 aliphatic heterocycles. The summed E-state index contributed by atoms with van der Waals surface area (Å²) in [5, 5.41) is 0. The van der Waals surface area contributed by atoms with Gasteiger partial charge in [-0.3, -0.25) is 0 Å². The van der Waals surface area contributed by atoms with Crippen LogP contribution in [-0.4, -0.2) is 6.16 Å². The van der Waals surface area contributed by atoms with E-state index in [-0.39, 0.29) is 0 Å². The van der Waals surface area contributed by atoms with E-state index in [9.17, 15) is 0 Å². The molecule has 122 valence electrons. The molecule has 0 N–H and O–H groups in total. The number of hydrogen-bond donors (Lipinski definition) is 0. The second-order valence-corrected chi connectivity index (χ2v) is 7.09. The lowest BCUT2D eigenvalue weighted by molar-refractivity contribution is 1.12. The van der Waals surface area contributed by atoms with Gasteiger partial charge < -0.3 is 0 Å². The summed E-state index contributed by atoms with van der Waals surface area (Å²) in [5.74, 6) is 0. The van der Waals surface area contributed by atoms with Crippen molar-refractivity contribution in [1.29, 1.82) is 0 Å². The van der Waals surface area contributed by atoms with Gasteiger partial charge in [0, 0.05) is 0 Å². The van der Waals surface area contributed by atoms with Gasteiger partial charge >= 0.3 is 0 Å². The topological polar surface area (TPSA) is 0 Å². The van der Waals surface area contributed by atoms with Crippen LogP contribution >= 0.6 is 9.24 Å². The number of hydrogen-bond acceptors (Lipinski definition) is 0. The highest BCUT2D eigenvalue weighted by atomic mass is 31.0. The highest BCUT2D eigenvalue weighted by Gasteiger charge is 2.00. The lowest BCUT2D eigenvalue weighted by Gasteiger charge is -2.06. The van der Waals surface area contributed by atoms with Crippen LogP contribution in [0.5, 0.6) is 0 Å². The van der Waals surface area contributed by atoms with Crippen LogP contribution in [0.25, 0.3) is 0 Å². The third-order valence-electron chi connectivity index (χ3n) is 4.42. The van der Waals surface area contributed by atoms with Crippen LogP contribution in [0, 0.1) is 6.92 Å². The molecule has 0 fully saturated rings. The van der Waals surface area contributed by atoms with Crippen LogP contribution < -0.4 is 0 Å². The highest BCUT2D eigenvalue weighted by Crippen LogP contribution is 2.15. The van der Waals surface area contributed by atoms with E-state index in [2.05, 4.69) is 89.0 Å². The summed E-state index contributed by atoms with van der Waals surface area (Å²) < 4.78 is 0. The van der Waals surface area contributed by atoms with Crippen molar-refractivity contribution in [3.05, 3.63) is 106 Å². The quantitative estimate of drug-likeness (QED) is 0.516. The van der Waals surface area contributed by atoms with Crippen LogP contribution in [0.15, 0.2) is 72.8 Å². The summed E-state index contributed by atoms with van der Waals surface area (Å²) in [5.41, 5.74) is 8.24. The first-order valence-corrected chi connectivity index (χ1v) is 9.46. The van der Waals surface area contributed by atoms with Crippen LogP contribution in [-0.2, 0) is 19.3 Å². The van der Waals surface area contributed by atoms with Gasteiger partial charge in [-0.15, -0.1) is 9.24 Å². The largest absolute Gasteiger partial charge is 0.137 e. The van der Waals surface area contributed by atoms with Crippen LogP contribution in [0.2, 0.25) is 0 Å². The Hall–Kier alpha value is -1.91. The van der Waals surface area contributed by atoms with Crippen molar-refractivity contribution < 1.29 is 0 Å². The molecular formula is C23H25P. The Kier molecular flexibility index (Phi) is 5.83. The molecule has 0 heterocycles. The molecule has 0 saturated carbocycles. The summed E-state index contributed by atoms with van der Waals surface area (Å²) >= 11 is 0. The molecule has 0 aromatic heterocycles. The van der Waals surface area contributed by atoms with E-state index in [4.69, 9.17) is 0 Å². The fraction of sp³-hybridized carbons (Fsp3) is 0.217. The Balaban J connectivity index is 1.62. The smallest absolute Gasteiger partial charge is 0.00258 e. The molecule has 0 nitrogen and oxygen atoms in total. The predicted molar refractivity (Wildman–Crippen MR) is 108 cm³/mol. The first kappa shape index (κ1) is 16.9. The van der Waals surface area contributed by atoms with E-state index < -0.39 is 0 Å². The third kappa shape index (κ3) is 4.79. The summed E-state index contributed by atoms with van der Waals surface area (Å²) in [4.78, 5) is 0. The van der Waals surface area contributed by atoms with Crippen molar-refractivity contribution in [3.8, 4) is 0 Å². The molecule has 1 unspecified atom stereocenters. The Morgan fingerprint density at radius 1 is 0.542 bits per heavy atom. The van der Waals surface area contributed by atoms with Gasteiger partial charge in [-0.2, -0.15) is 0 Å². The van der Waals surface area contributed by atoms with Crippen LogP contribution in [0.1, 0.15) is 33.4 Å². The summed E-state index contributed by atoms with van der Waals surface area (Å²) in [7, 11) is 2.79. The second-order valence-electron chi connectivity index (χ2n) is 6.51. The molecule has 3 rings (SSSR count). The molecule has 0 saturated heterocycles. The maximum atomic E-state index is 2.79. The van der Waals surface area contributed by atoms with E-state index in [0.29, 0.717) is 0 Å². The van der Waals surface area contributed by atoms with Gasteiger partial charge in [-0.05, 0) is 60.2 Å². The van der Waals surface area contributed by atoms with Gasteiger partial charge in [0.25, 0.3) is 0 Å². The molecule has 0 radical (unpaired) electrons. The van der Waals surface area contributed by atoms with E-state index in [0.717, 1.165) is 25.4 Å². The van der Waals surface area contributed by atoms with Gasteiger partial charge in [0.2, 0.25) is 0 Å². The van der Waals surface area contributed by atoms with E-state index in [1.807, 2.05) is 0 Å². The minimum Gasteiger partial charge on any atom is -0.137 e. The van der Waals surface area contributed by atoms with Gasteiger partial charge in [-0.1, -0.05) is 78.4 Å². The van der Waals surface area contributed by atoms with E-state index >= 15 is 0 Å². The second kappa shape index (κ2) is 8.27. The normalized spacial score (nSPS) is 10.8. The summed E-state index contributed by atoms with van der Waals surface area (Å²) in [6.45, 7) is 2.13. The Labute approximate surface area is 148 Å². The Morgan fingerprint density at radius 3 is 1.25 bits per heavy atom. The zero-order valence-corrected chi connectivity index (χ0v) is 15.5. The van der Waals surface area contributed by atoms with Crippen molar-refractivity contribution in [2.75, 3.05) is 6.16 Å². The van der Waals surface area contributed by atoms with Gasteiger partial charge in [0.15, 0.2) is 0 Å². The van der Waals surface area contributed by atoms with Crippen molar-refractivity contribution in [2.45, 2.75) is 26.2 Å². The number of aryl methyl sites for hydroxylation is 2. The molecule has 0 spiro atoms. The molecule has 24 heavy (non-hydrogen) atoms. The lowest BCUT2D eigenvalue weighted by atomic mass is 9.99. The zero-order valence-electron chi connectivity index (χ0n) is 14.3. The van der Waals surface area contributed by atoms with Crippen molar-refractivity contribution >= 4 is 9.24 Å². The minimum absolute atomic E-state index is 1.00. The van der Waals surface area contributed by atoms with Crippen molar-refractivity contribution in [2.24, 2.45) is 0 Å². The molecule has 1 atom stereocenters. The molecule has 0 aliphatic carbocycles. The number of rotatable bonds is 6. The molecule has 0 amide bonds. The summed E-state index contributed by atoms with van der Waals surface area (Å²) in [6.07, 6.45) is 4.27. The zero-order chi connectivity index (χ0) is 16.8. The number of benzene rings is 3. The Morgan fingerprint density at radius 2 is 0.875 bits per heavy atom. The van der Waals surface area contributed by atoms with E-state index in [1.165, 1.54) is 33.4 Å². The molecular weight excluding hydrogens is 307 g/mol. The standard InChI is InChI=1S/C23H25P/c1-18-2-4-20(5-3-18)16-22-10-12-23(13-11-22)17-21-8-6-19(7-9-21)14-15-24/h2-13H,14-17,24H2,1H3.